The standard InChI is InChI=1S/C10H16N2OS/c1-14-12-10(13)11-6-9-5-7-2-3-8(9)4-7/h2-3,7-9H,4-6H2,1H3,(H2,11,12,13). The predicted molar refractivity (Wildman–Crippen MR) is 58.9 cm³/mol. The molecule has 2 N–H and O–H groups in total. The van der Waals surface area contributed by atoms with Gasteiger partial charge in [0.15, 0.2) is 0 Å². The molecule has 2 bridgehead atoms. The van der Waals surface area contributed by atoms with E-state index in [1.54, 1.807) is 0 Å². The SMILES string of the molecule is CSNC(=O)NCC1CC2C=CC1C2. The third kappa shape index (κ3) is 2.05. The van der Waals surface area contributed by atoms with Crippen molar-refractivity contribution in [2.75, 3.05) is 12.8 Å². The third-order valence-electron chi connectivity index (χ3n) is 3.14. The lowest BCUT2D eigenvalue weighted by atomic mass is 9.94. The summed E-state index contributed by atoms with van der Waals surface area (Å²) >= 11 is 1.33. The number of carbonyl (C=O) groups is 1. The fourth-order valence-electron chi connectivity index (χ4n) is 2.48. The number of allylic oxidation sites excluding steroid dienone is 2. The van der Waals surface area contributed by atoms with E-state index in [-0.39, 0.29) is 6.03 Å². The summed E-state index contributed by atoms with van der Waals surface area (Å²) in [6.45, 7) is 0.817. The Labute approximate surface area is 88.8 Å². The van der Waals surface area contributed by atoms with Crippen molar-refractivity contribution >= 4 is 18.0 Å². The number of amides is 2. The number of nitrogens with one attached hydrogen (secondary N) is 2. The first-order valence-corrected chi connectivity index (χ1v) is 6.27. The molecule has 0 radical (unpaired) electrons. The third-order valence-corrected chi connectivity index (χ3v) is 3.53. The van der Waals surface area contributed by atoms with Gasteiger partial charge in [-0.3, -0.25) is 4.72 Å². The molecule has 0 aromatic carbocycles. The summed E-state index contributed by atoms with van der Waals surface area (Å²) in [5.74, 6) is 2.17. The Balaban J connectivity index is 1.72. The lowest BCUT2D eigenvalue weighted by Gasteiger charge is -2.18. The highest BCUT2D eigenvalue weighted by Crippen LogP contribution is 2.42. The van der Waals surface area contributed by atoms with Gasteiger partial charge in [-0.25, -0.2) is 4.79 Å². The van der Waals surface area contributed by atoms with Gasteiger partial charge in [0.1, 0.15) is 0 Å². The molecule has 4 heteroatoms. The topological polar surface area (TPSA) is 41.1 Å². The second-order valence-corrected chi connectivity index (χ2v) is 4.67. The molecule has 0 aliphatic heterocycles. The molecule has 2 amide bonds. The van der Waals surface area contributed by atoms with Crippen LogP contribution in [0.4, 0.5) is 4.79 Å². The Morgan fingerprint density at radius 3 is 2.93 bits per heavy atom. The predicted octanol–water partition coefficient (Wildman–Crippen LogP) is 1.78. The Bertz CT molecular complexity index is 255. The zero-order valence-corrected chi connectivity index (χ0v) is 9.14. The van der Waals surface area contributed by atoms with E-state index in [1.807, 2.05) is 6.26 Å². The smallest absolute Gasteiger partial charge is 0.324 e. The van der Waals surface area contributed by atoms with E-state index < -0.39 is 0 Å². The maximum atomic E-state index is 11.1. The monoisotopic (exact) mass is 212 g/mol. The normalized spacial score (nSPS) is 33.4. The highest BCUT2D eigenvalue weighted by molar-refractivity contribution is 7.97. The van der Waals surface area contributed by atoms with Crippen molar-refractivity contribution in [3.05, 3.63) is 12.2 Å². The van der Waals surface area contributed by atoms with E-state index in [0.29, 0.717) is 5.92 Å². The first-order valence-electron chi connectivity index (χ1n) is 5.04. The van der Waals surface area contributed by atoms with Crippen molar-refractivity contribution in [3.8, 4) is 0 Å². The number of urea groups is 1. The second kappa shape index (κ2) is 4.26. The first-order chi connectivity index (χ1) is 6.79. The minimum Gasteiger partial charge on any atom is -0.337 e. The Kier molecular flexibility index (Phi) is 3.01. The summed E-state index contributed by atoms with van der Waals surface area (Å²) in [7, 11) is 0. The van der Waals surface area contributed by atoms with E-state index in [0.717, 1.165) is 18.4 Å². The lowest BCUT2D eigenvalue weighted by Crippen LogP contribution is -2.35. The van der Waals surface area contributed by atoms with Gasteiger partial charge in [-0.1, -0.05) is 24.1 Å². The molecular weight excluding hydrogens is 196 g/mol. The molecule has 0 aromatic heterocycles. The quantitative estimate of drug-likeness (QED) is 0.553. The van der Waals surface area contributed by atoms with Gasteiger partial charge in [-0.2, -0.15) is 0 Å². The Morgan fingerprint density at radius 1 is 1.50 bits per heavy atom. The van der Waals surface area contributed by atoms with Crippen LogP contribution in [0.3, 0.4) is 0 Å². The summed E-state index contributed by atoms with van der Waals surface area (Å²) in [5, 5.41) is 2.91. The first kappa shape index (κ1) is 9.90. The van der Waals surface area contributed by atoms with Crippen LogP contribution in [0.2, 0.25) is 0 Å². The molecule has 2 aliphatic rings. The number of hydrogen-bond donors (Lipinski definition) is 2. The zero-order valence-electron chi connectivity index (χ0n) is 8.32. The van der Waals surface area contributed by atoms with E-state index in [1.165, 1.54) is 24.8 Å². The number of rotatable bonds is 3. The molecule has 3 nitrogen and oxygen atoms in total. The maximum Gasteiger partial charge on any atom is 0.324 e. The van der Waals surface area contributed by atoms with Crippen LogP contribution in [-0.4, -0.2) is 18.8 Å². The van der Waals surface area contributed by atoms with Crippen LogP contribution < -0.4 is 10.0 Å². The highest BCUT2D eigenvalue weighted by Gasteiger charge is 2.35. The maximum absolute atomic E-state index is 11.1. The van der Waals surface area contributed by atoms with Crippen LogP contribution >= 0.6 is 11.9 Å². The number of fused-ring (bicyclic) bond motifs is 2. The molecule has 0 saturated heterocycles. The van der Waals surface area contributed by atoms with Gasteiger partial charge in [0, 0.05) is 12.8 Å². The second-order valence-electron chi connectivity index (χ2n) is 4.06. The van der Waals surface area contributed by atoms with Crippen molar-refractivity contribution in [1.29, 1.82) is 0 Å². The van der Waals surface area contributed by atoms with Gasteiger partial charge in [0.05, 0.1) is 0 Å². The minimum absolute atomic E-state index is 0.0655. The van der Waals surface area contributed by atoms with E-state index in [9.17, 15) is 4.79 Å². The Morgan fingerprint density at radius 2 is 2.36 bits per heavy atom. The molecule has 1 saturated carbocycles. The van der Waals surface area contributed by atoms with Crippen LogP contribution in [0.5, 0.6) is 0 Å². The average molecular weight is 212 g/mol. The molecule has 2 aliphatic carbocycles. The van der Waals surface area contributed by atoms with Crippen LogP contribution in [0.15, 0.2) is 12.2 Å². The molecule has 3 atom stereocenters. The van der Waals surface area contributed by atoms with Gasteiger partial charge >= 0.3 is 6.03 Å². The molecule has 1 fully saturated rings. The average Bonchev–Trinajstić information content (AvgIpc) is 2.76. The fourth-order valence-corrected chi connectivity index (χ4v) is 2.74. The van der Waals surface area contributed by atoms with Gasteiger partial charge < -0.3 is 5.32 Å². The molecule has 78 valence electrons. The molecule has 0 spiro atoms. The van der Waals surface area contributed by atoms with E-state index >= 15 is 0 Å². The summed E-state index contributed by atoms with van der Waals surface area (Å²) in [6.07, 6.45) is 9.03. The van der Waals surface area contributed by atoms with Gasteiger partial charge in [0.25, 0.3) is 0 Å². The molecule has 3 unspecified atom stereocenters. The molecule has 0 aromatic rings. The lowest BCUT2D eigenvalue weighted by molar-refractivity contribution is 0.243. The summed E-state index contributed by atoms with van der Waals surface area (Å²) in [5.41, 5.74) is 0. The highest BCUT2D eigenvalue weighted by atomic mass is 32.2. The minimum atomic E-state index is -0.0655. The van der Waals surface area contributed by atoms with Crippen LogP contribution in [0, 0.1) is 17.8 Å². The fraction of sp³-hybridized carbons (Fsp3) is 0.700. The van der Waals surface area contributed by atoms with Crippen molar-refractivity contribution in [2.24, 2.45) is 17.8 Å². The Hall–Kier alpha value is -0.640. The van der Waals surface area contributed by atoms with E-state index in [4.69, 9.17) is 0 Å². The van der Waals surface area contributed by atoms with Gasteiger partial charge in [0.2, 0.25) is 0 Å². The van der Waals surface area contributed by atoms with E-state index in [2.05, 4.69) is 22.2 Å². The summed E-state index contributed by atoms with van der Waals surface area (Å²) < 4.78 is 2.66. The molecule has 2 rings (SSSR count). The van der Waals surface area contributed by atoms with Crippen molar-refractivity contribution in [3.63, 3.8) is 0 Å². The number of carbonyl (C=O) groups excluding carboxylic acids is 1. The van der Waals surface area contributed by atoms with Crippen molar-refractivity contribution in [2.45, 2.75) is 12.8 Å². The largest absolute Gasteiger partial charge is 0.337 e. The molecular formula is C10H16N2OS. The molecule has 0 heterocycles. The summed E-state index contributed by atoms with van der Waals surface area (Å²) in [4.78, 5) is 11.1. The summed E-state index contributed by atoms with van der Waals surface area (Å²) in [6, 6.07) is -0.0655. The van der Waals surface area contributed by atoms with Gasteiger partial charge in [-0.15, -0.1) is 0 Å². The van der Waals surface area contributed by atoms with Crippen molar-refractivity contribution in [1.82, 2.24) is 10.0 Å². The van der Waals surface area contributed by atoms with Crippen LogP contribution in [0.1, 0.15) is 12.8 Å². The molecule has 14 heavy (non-hydrogen) atoms. The van der Waals surface area contributed by atoms with Crippen LogP contribution in [-0.2, 0) is 0 Å². The van der Waals surface area contributed by atoms with Crippen molar-refractivity contribution < 1.29 is 4.79 Å². The van der Waals surface area contributed by atoms with Gasteiger partial charge in [-0.05, 0) is 30.6 Å². The van der Waals surface area contributed by atoms with Crippen LogP contribution in [0.25, 0.3) is 0 Å². The zero-order chi connectivity index (χ0) is 9.97. The number of hydrogen-bond acceptors (Lipinski definition) is 2.